The van der Waals surface area contributed by atoms with Crippen LogP contribution in [0, 0.1) is 17.0 Å². The number of nitrogens with zero attached hydrogens (tertiary/aromatic N) is 2. The maximum absolute atomic E-state index is 10.4. The van der Waals surface area contributed by atoms with E-state index in [0.717, 1.165) is 0 Å². The van der Waals surface area contributed by atoms with Crippen molar-refractivity contribution in [3.8, 4) is 0 Å². The van der Waals surface area contributed by atoms with Gasteiger partial charge in [0.25, 0.3) is 5.69 Å². The van der Waals surface area contributed by atoms with E-state index in [1.165, 1.54) is 12.4 Å². The molecule has 0 amide bonds. The molecule has 1 aromatic rings. The highest BCUT2D eigenvalue weighted by atomic mass is 79.9. The Labute approximate surface area is 71.5 Å². The average Bonchev–Trinajstić information content (AvgIpc) is 1.85. The first-order valence-electron chi connectivity index (χ1n) is 2.87. The molecule has 0 aliphatic heterocycles. The third kappa shape index (κ3) is 1.54. The molecule has 1 rings (SSSR count). The summed E-state index contributed by atoms with van der Waals surface area (Å²) in [5, 5.41) is 10.4. The molecule has 0 radical (unpaired) electrons. The van der Waals surface area contributed by atoms with Gasteiger partial charge < -0.3 is 0 Å². The van der Waals surface area contributed by atoms with Crippen molar-refractivity contribution in [3.05, 3.63) is 32.5 Å². The Morgan fingerprint density at radius 1 is 1.64 bits per heavy atom. The first-order valence-corrected chi connectivity index (χ1v) is 3.66. The molecule has 1 aromatic heterocycles. The number of hydrogen-bond acceptors (Lipinski definition) is 3. The molecule has 0 aromatic carbocycles. The summed E-state index contributed by atoms with van der Waals surface area (Å²) in [6.45, 7) is 1.65. The Balaban J connectivity index is 3.32. The Kier molecular flexibility index (Phi) is 2.19. The van der Waals surface area contributed by atoms with E-state index >= 15 is 0 Å². The fourth-order valence-electron chi connectivity index (χ4n) is 0.756. The minimum Gasteiger partial charge on any atom is -0.263 e. The van der Waals surface area contributed by atoms with Crippen LogP contribution in [-0.2, 0) is 0 Å². The number of rotatable bonds is 1. The van der Waals surface area contributed by atoms with Crippen LogP contribution in [0.2, 0.25) is 0 Å². The van der Waals surface area contributed by atoms with Crippen LogP contribution < -0.4 is 0 Å². The average molecular weight is 217 g/mol. The second kappa shape index (κ2) is 2.96. The Morgan fingerprint density at radius 2 is 2.27 bits per heavy atom. The standard InChI is InChI=1S/C6H5BrN2O2/c1-4-2-8-3-5(7)6(4)9(10)11/h2-3H,1H3. The molecular weight excluding hydrogens is 212 g/mol. The first-order chi connectivity index (χ1) is 5.13. The van der Waals surface area contributed by atoms with E-state index in [2.05, 4.69) is 20.9 Å². The maximum Gasteiger partial charge on any atom is 0.289 e. The first kappa shape index (κ1) is 8.13. The van der Waals surface area contributed by atoms with Crippen molar-refractivity contribution in [2.24, 2.45) is 0 Å². The zero-order chi connectivity index (χ0) is 8.43. The lowest BCUT2D eigenvalue weighted by Crippen LogP contribution is -1.93. The molecule has 0 fully saturated rings. The molecule has 0 aliphatic carbocycles. The van der Waals surface area contributed by atoms with Crippen LogP contribution in [0.5, 0.6) is 0 Å². The normalized spacial score (nSPS) is 9.64. The van der Waals surface area contributed by atoms with Gasteiger partial charge in [-0.1, -0.05) is 0 Å². The third-order valence-electron chi connectivity index (χ3n) is 1.24. The molecule has 0 aliphatic rings. The van der Waals surface area contributed by atoms with E-state index in [1.807, 2.05) is 0 Å². The Bertz CT molecular complexity index is 280. The molecule has 0 saturated heterocycles. The van der Waals surface area contributed by atoms with E-state index in [4.69, 9.17) is 0 Å². The van der Waals surface area contributed by atoms with Crippen molar-refractivity contribution < 1.29 is 4.92 Å². The van der Waals surface area contributed by atoms with E-state index in [1.54, 1.807) is 6.92 Å². The van der Waals surface area contributed by atoms with Crippen LogP contribution in [0.15, 0.2) is 16.9 Å². The van der Waals surface area contributed by atoms with Gasteiger partial charge in [0.15, 0.2) is 0 Å². The van der Waals surface area contributed by atoms with Crippen molar-refractivity contribution >= 4 is 21.6 Å². The summed E-state index contributed by atoms with van der Waals surface area (Å²) in [5.74, 6) is 0. The monoisotopic (exact) mass is 216 g/mol. The number of aryl methyl sites for hydroxylation is 1. The largest absolute Gasteiger partial charge is 0.289 e. The van der Waals surface area contributed by atoms with Gasteiger partial charge in [0.2, 0.25) is 0 Å². The highest BCUT2D eigenvalue weighted by molar-refractivity contribution is 9.10. The fourth-order valence-corrected chi connectivity index (χ4v) is 1.33. The third-order valence-corrected chi connectivity index (χ3v) is 1.82. The van der Waals surface area contributed by atoms with Gasteiger partial charge >= 0.3 is 0 Å². The zero-order valence-electron chi connectivity index (χ0n) is 5.74. The minimum atomic E-state index is -0.429. The molecule has 11 heavy (non-hydrogen) atoms. The van der Waals surface area contributed by atoms with Gasteiger partial charge in [0.05, 0.1) is 4.92 Å². The molecule has 0 bridgehead atoms. The van der Waals surface area contributed by atoms with E-state index in [0.29, 0.717) is 10.0 Å². The summed E-state index contributed by atoms with van der Waals surface area (Å²) in [6, 6.07) is 0. The zero-order valence-corrected chi connectivity index (χ0v) is 7.33. The van der Waals surface area contributed by atoms with Gasteiger partial charge in [-0.3, -0.25) is 15.1 Å². The highest BCUT2D eigenvalue weighted by Crippen LogP contribution is 2.26. The van der Waals surface area contributed by atoms with E-state index in [9.17, 15) is 10.1 Å². The Morgan fingerprint density at radius 3 is 2.64 bits per heavy atom. The molecule has 58 valence electrons. The summed E-state index contributed by atoms with van der Waals surface area (Å²) < 4.78 is 0.419. The summed E-state index contributed by atoms with van der Waals surface area (Å²) in [4.78, 5) is 13.7. The number of nitro groups is 1. The van der Waals surface area contributed by atoms with Gasteiger partial charge in [-0.25, -0.2) is 0 Å². The molecule has 0 spiro atoms. The molecule has 4 nitrogen and oxygen atoms in total. The molecular formula is C6H5BrN2O2. The lowest BCUT2D eigenvalue weighted by molar-refractivity contribution is -0.386. The van der Waals surface area contributed by atoms with Crippen LogP contribution in [0.3, 0.4) is 0 Å². The maximum atomic E-state index is 10.4. The highest BCUT2D eigenvalue weighted by Gasteiger charge is 2.14. The summed E-state index contributed by atoms with van der Waals surface area (Å²) in [5.41, 5.74) is 0.643. The number of halogens is 1. The molecule has 5 heteroatoms. The number of hydrogen-bond donors (Lipinski definition) is 0. The second-order valence-electron chi connectivity index (χ2n) is 2.04. The van der Waals surface area contributed by atoms with Crippen LogP contribution in [-0.4, -0.2) is 9.91 Å². The fraction of sp³-hybridized carbons (Fsp3) is 0.167. The van der Waals surface area contributed by atoms with Crippen molar-refractivity contribution in [2.75, 3.05) is 0 Å². The van der Waals surface area contributed by atoms with Gasteiger partial charge in [-0.2, -0.15) is 0 Å². The van der Waals surface area contributed by atoms with Crippen molar-refractivity contribution in [1.82, 2.24) is 4.98 Å². The van der Waals surface area contributed by atoms with Crippen LogP contribution in [0.1, 0.15) is 5.56 Å². The predicted octanol–water partition coefficient (Wildman–Crippen LogP) is 2.06. The number of pyridine rings is 1. The SMILES string of the molecule is Cc1cncc(Br)c1[N+](=O)[O-]. The summed E-state index contributed by atoms with van der Waals surface area (Å²) >= 11 is 3.04. The van der Waals surface area contributed by atoms with Gasteiger partial charge in [0, 0.05) is 18.0 Å². The van der Waals surface area contributed by atoms with Crippen molar-refractivity contribution in [3.63, 3.8) is 0 Å². The topological polar surface area (TPSA) is 56.0 Å². The summed E-state index contributed by atoms with van der Waals surface area (Å²) in [7, 11) is 0. The van der Waals surface area contributed by atoms with Crippen LogP contribution in [0.25, 0.3) is 0 Å². The van der Waals surface area contributed by atoms with Gasteiger partial charge in [0.1, 0.15) is 4.47 Å². The van der Waals surface area contributed by atoms with Crippen LogP contribution in [0.4, 0.5) is 5.69 Å². The van der Waals surface area contributed by atoms with Crippen molar-refractivity contribution in [2.45, 2.75) is 6.92 Å². The minimum absolute atomic E-state index is 0.0833. The lowest BCUT2D eigenvalue weighted by atomic mass is 10.3. The number of aromatic nitrogens is 1. The molecule has 0 atom stereocenters. The quantitative estimate of drug-likeness (QED) is 0.534. The molecule has 0 saturated carbocycles. The molecule has 0 unspecified atom stereocenters. The molecule has 1 heterocycles. The Hall–Kier alpha value is -0.970. The molecule has 0 N–H and O–H groups in total. The smallest absolute Gasteiger partial charge is 0.263 e. The lowest BCUT2D eigenvalue weighted by Gasteiger charge is -1.96. The second-order valence-corrected chi connectivity index (χ2v) is 2.90. The van der Waals surface area contributed by atoms with Gasteiger partial charge in [-0.15, -0.1) is 0 Å². The predicted molar refractivity (Wildman–Crippen MR) is 43.3 cm³/mol. The van der Waals surface area contributed by atoms with Crippen LogP contribution >= 0.6 is 15.9 Å². The van der Waals surface area contributed by atoms with E-state index < -0.39 is 4.92 Å². The van der Waals surface area contributed by atoms with Gasteiger partial charge in [-0.05, 0) is 22.9 Å². The van der Waals surface area contributed by atoms with E-state index in [-0.39, 0.29) is 5.69 Å². The van der Waals surface area contributed by atoms with Crippen molar-refractivity contribution in [1.29, 1.82) is 0 Å². The summed E-state index contributed by atoms with van der Waals surface area (Å²) in [6.07, 6.45) is 2.87.